The highest BCUT2D eigenvalue weighted by molar-refractivity contribution is 7.11. The zero-order valence-electron chi connectivity index (χ0n) is 13.8. The first-order chi connectivity index (χ1) is 11.1. The van der Waals surface area contributed by atoms with Gasteiger partial charge in [-0.1, -0.05) is 0 Å². The van der Waals surface area contributed by atoms with Crippen LogP contribution in [0.5, 0.6) is 0 Å². The third-order valence-electron chi connectivity index (χ3n) is 4.29. The van der Waals surface area contributed by atoms with Gasteiger partial charge in [0, 0.05) is 42.5 Å². The van der Waals surface area contributed by atoms with Gasteiger partial charge in [0.15, 0.2) is 5.82 Å². The van der Waals surface area contributed by atoms with E-state index in [1.54, 1.807) is 16.2 Å². The number of carbonyl (C=O) groups is 1. The van der Waals surface area contributed by atoms with Gasteiger partial charge in [0.2, 0.25) is 5.91 Å². The molecule has 3 heterocycles. The van der Waals surface area contributed by atoms with Crippen LogP contribution in [-0.4, -0.2) is 31.0 Å². The fourth-order valence-electron chi connectivity index (χ4n) is 2.97. The molecule has 0 N–H and O–H groups in total. The molecule has 122 valence electrons. The van der Waals surface area contributed by atoms with Gasteiger partial charge in [0.1, 0.15) is 0 Å². The molecular formula is C18H23N3OS. The smallest absolute Gasteiger partial charge is 0.227 e. The van der Waals surface area contributed by atoms with E-state index in [4.69, 9.17) is 0 Å². The van der Waals surface area contributed by atoms with E-state index in [0.717, 1.165) is 31.0 Å². The van der Waals surface area contributed by atoms with Crippen molar-refractivity contribution in [3.63, 3.8) is 0 Å². The van der Waals surface area contributed by atoms with Gasteiger partial charge in [0.05, 0.1) is 5.69 Å². The van der Waals surface area contributed by atoms with Crippen molar-refractivity contribution < 1.29 is 4.79 Å². The highest BCUT2D eigenvalue weighted by atomic mass is 32.1. The number of pyridine rings is 1. The molecule has 0 saturated carbocycles. The van der Waals surface area contributed by atoms with Crippen molar-refractivity contribution in [1.29, 1.82) is 0 Å². The zero-order chi connectivity index (χ0) is 16.2. The maximum Gasteiger partial charge on any atom is 0.227 e. The second-order valence-corrected chi connectivity index (χ2v) is 7.38. The summed E-state index contributed by atoms with van der Waals surface area (Å²) in [5.41, 5.74) is 0.918. The number of aryl methyl sites for hydroxylation is 2. The highest BCUT2D eigenvalue weighted by Gasteiger charge is 2.21. The summed E-state index contributed by atoms with van der Waals surface area (Å²) >= 11 is 1.77. The van der Waals surface area contributed by atoms with E-state index in [1.807, 2.05) is 25.4 Å². The minimum absolute atomic E-state index is 0.143. The molecule has 2 aromatic heterocycles. The van der Waals surface area contributed by atoms with Gasteiger partial charge in [-0.3, -0.25) is 4.79 Å². The highest BCUT2D eigenvalue weighted by Crippen LogP contribution is 2.29. The summed E-state index contributed by atoms with van der Waals surface area (Å²) in [4.78, 5) is 23.7. The number of rotatable bonds is 5. The second kappa shape index (κ2) is 7.13. The number of thiophene rings is 1. The maximum atomic E-state index is 12.6. The molecule has 0 aliphatic carbocycles. The number of anilines is 2. The Morgan fingerprint density at radius 2 is 2.09 bits per heavy atom. The van der Waals surface area contributed by atoms with Crippen molar-refractivity contribution in [1.82, 2.24) is 4.98 Å². The maximum absolute atomic E-state index is 12.6. The Labute approximate surface area is 141 Å². The van der Waals surface area contributed by atoms with Gasteiger partial charge in [-0.2, -0.15) is 0 Å². The van der Waals surface area contributed by atoms with Crippen LogP contribution in [0.1, 0.15) is 29.0 Å². The number of amides is 1. The number of hydrogen-bond acceptors (Lipinski definition) is 4. The number of hydrogen-bond donors (Lipinski definition) is 0. The molecular weight excluding hydrogens is 306 g/mol. The summed E-state index contributed by atoms with van der Waals surface area (Å²) in [5, 5.41) is 0. The van der Waals surface area contributed by atoms with Crippen LogP contribution in [0.2, 0.25) is 0 Å². The summed E-state index contributed by atoms with van der Waals surface area (Å²) < 4.78 is 0. The van der Waals surface area contributed by atoms with Crippen LogP contribution in [0.3, 0.4) is 0 Å². The van der Waals surface area contributed by atoms with Crippen molar-refractivity contribution in [3.8, 4) is 0 Å². The first kappa shape index (κ1) is 16.0. The topological polar surface area (TPSA) is 36.4 Å². The number of carbonyl (C=O) groups excluding carboxylic acids is 1. The Morgan fingerprint density at radius 1 is 1.30 bits per heavy atom. The molecule has 0 radical (unpaired) electrons. The van der Waals surface area contributed by atoms with E-state index in [2.05, 4.69) is 28.9 Å². The lowest BCUT2D eigenvalue weighted by atomic mass is 10.2. The van der Waals surface area contributed by atoms with E-state index in [9.17, 15) is 4.79 Å². The standard InChI is InChI=1S/C18H23N3OS/c1-14-7-8-15(23-14)9-10-17(22)20(2)16-6-5-11-19-18(16)21-12-3-4-13-21/h5-8,11H,3-4,9-10,12-13H2,1-2H3. The van der Waals surface area contributed by atoms with Crippen LogP contribution in [0.15, 0.2) is 30.5 Å². The van der Waals surface area contributed by atoms with Crippen molar-refractivity contribution in [2.75, 3.05) is 29.9 Å². The van der Waals surface area contributed by atoms with Gasteiger partial charge >= 0.3 is 0 Å². The Morgan fingerprint density at radius 3 is 2.78 bits per heavy atom. The van der Waals surface area contributed by atoms with E-state index >= 15 is 0 Å². The monoisotopic (exact) mass is 329 g/mol. The Bertz CT molecular complexity index is 676. The van der Waals surface area contributed by atoms with Crippen molar-refractivity contribution in [3.05, 3.63) is 40.2 Å². The third-order valence-corrected chi connectivity index (χ3v) is 5.35. The van der Waals surface area contributed by atoms with E-state index in [1.165, 1.54) is 22.6 Å². The van der Waals surface area contributed by atoms with E-state index in [-0.39, 0.29) is 5.91 Å². The number of nitrogens with zero attached hydrogens (tertiary/aromatic N) is 3. The zero-order valence-corrected chi connectivity index (χ0v) is 14.6. The van der Waals surface area contributed by atoms with Crippen molar-refractivity contribution in [2.45, 2.75) is 32.6 Å². The first-order valence-electron chi connectivity index (χ1n) is 8.17. The normalized spacial score (nSPS) is 14.3. The quantitative estimate of drug-likeness (QED) is 0.840. The molecule has 1 amide bonds. The van der Waals surface area contributed by atoms with Gasteiger partial charge in [-0.25, -0.2) is 4.98 Å². The van der Waals surface area contributed by atoms with Gasteiger partial charge in [0.25, 0.3) is 0 Å². The molecule has 0 spiro atoms. The molecule has 0 atom stereocenters. The van der Waals surface area contributed by atoms with Crippen LogP contribution in [-0.2, 0) is 11.2 Å². The lowest BCUT2D eigenvalue weighted by Gasteiger charge is -2.25. The second-order valence-electron chi connectivity index (χ2n) is 6.01. The van der Waals surface area contributed by atoms with Gasteiger partial charge in [-0.05, 0) is 50.5 Å². The molecule has 0 bridgehead atoms. The molecule has 1 fully saturated rings. The summed E-state index contributed by atoms with van der Waals surface area (Å²) in [6.45, 7) is 4.15. The summed E-state index contributed by atoms with van der Waals surface area (Å²) in [5.74, 6) is 1.08. The largest absolute Gasteiger partial charge is 0.355 e. The Hall–Kier alpha value is -1.88. The van der Waals surface area contributed by atoms with Gasteiger partial charge in [-0.15, -0.1) is 11.3 Å². The molecule has 0 unspecified atom stereocenters. The number of aromatic nitrogens is 1. The van der Waals surface area contributed by atoms with E-state index < -0.39 is 0 Å². The predicted molar refractivity (Wildman–Crippen MR) is 96.5 cm³/mol. The average Bonchev–Trinajstić information content (AvgIpc) is 3.23. The summed E-state index contributed by atoms with van der Waals surface area (Å²) in [7, 11) is 1.86. The minimum Gasteiger partial charge on any atom is -0.355 e. The molecule has 3 rings (SSSR count). The van der Waals surface area contributed by atoms with Crippen LogP contribution in [0, 0.1) is 6.92 Å². The molecule has 2 aromatic rings. The molecule has 1 saturated heterocycles. The lowest BCUT2D eigenvalue weighted by Crippen LogP contribution is -2.30. The minimum atomic E-state index is 0.143. The van der Waals surface area contributed by atoms with Gasteiger partial charge < -0.3 is 9.80 Å². The van der Waals surface area contributed by atoms with Crippen LogP contribution < -0.4 is 9.80 Å². The van der Waals surface area contributed by atoms with Crippen LogP contribution in [0.4, 0.5) is 11.5 Å². The van der Waals surface area contributed by atoms with E-state index in [0.29, 0.717) is 6.42 Å². The Balaban J connectivity index is 1.69. The molecule has 23 heavy (non-hydrogen) atoms. The first-order valence-corrected chi connectivity index (χ1v) is 8.98. The lowest BCUT2D eigenvalue weighted by molar-refractivity contribution is -0.118. The van der Waals surface area contributed by atoms with Crippen molar-refractivity contribution >= 4 is 28.7 Å². The predicted octanol–water partition coefficient (Wildman–Crippen LogP) is 3.65. The van der Waals surface area contributed by atoms with Crippen LogP contribution in [0.25, 0.3) is 0 Å². The SMILES string of the molecule is Cc1ccc(CCC(=O)N(C)c2cccnc2N2CCCC2)s1. The fourth-order valence-corrected chi connectivity index (χ4v) is 3.86. The molecule has 1 aliphatic heterocycles. The molecule has 4 nitrogen and oxygen atoms in total. The average molecular weight is 329 g/mol. The summed E-state index contributed by atoms with van der Waals surface area (Å²) in [6, 6.07) is 8.13. The summed E-state index contributed by atoms with van der Waals surface area (Å²) in [6.07, 6.45) is 5.55. The molecule has 1 aliphatic rings. The Kier molecular flexibility index (Phi) is 4.96. The molecule has 5 heteroatoms. The van der Waals surface area contributed by atoms with Crippen molar-refractivity contribution in [2.24, 2.45) is 0 Å². The third kappa shape index (κ3) is 3.72. The molecule has 0 aromatic carbocycles. The fraction of sp³-hybridized carbons (Fsp3) is 0.444. The van der Waals surface area contributed by atoms with Crippen LogP contribution >= 0.6 is 11.3 Å².